The van der Waals surface area contributed by atoms with Gasteiger partial charge in [0.1, 0.15) is 18.2 Å². The summed E-state index contributed by atoms with van der Waals surface area (Å²) in [5, 5.41) is 5.53. The van der Waals surface area contributed by atoms with Crippen LogP contribution in [0.1, 0.15) is 84.4 Å². The average Bonchev–Trinajstić information content (AvgIpc) is 2.71. The number of nitrogens with zero attached hydrogens (tertiary/aromatic N) is 1. The number of unbranched alkanes of at least 4 members (excludes halogenated alkanes) is 2. The first-order valence-electron chi connectivity index (χ1n) is 11.6. The summed E-state index contributed by atoms with van der Waals surface area (Å²) in [5.74, 6) is -0.543. The van der Waals surface area contributed by atoms with Gasteiger partial charge in [-0.1, -0.05) is 56.5 Å². The third kappa shape index (κ3) is 9.28. The molecule has 2 unspecified atom stereocenters. The molecule has 0 fully saturated rings. The summed E-state index contributed by atoms with van der Waals surface area (Å²) in [7, 11) is 0. The topological polar surface area (TPSA) is 87.7 Å². The van der Waals surface area contributed by atoms with E-state index in [4.69, 9.17) is 4.74 Å². The summed E-state index contributed by atoms with van der Waals surface area (Å²) in [6.07, 6.45) is 2.99. The molecule has 0 aliphatic rings. The summed E-state index contributed by atoms with van der Waals surface area (Å²) in [4.78, 5) is 40.2. The number of ether oxygens (including phenoxy) is 1. The summed E-state index contributed by atoms with van der Waals surface area (Å²) >= 11 is 0. The molecule has 2 atom stereocenters. The SMILES string of the molecule is CCCCCNC(=O)C(c1cccc(C)c1)N(C(=O)CNC(=O)OC(C)(C)C)C(C)CC. The van der Waals surface area contributed by atoms with Gasteiger partial charge in [0.15, 0.2) is 0 Å². The van der Waals surface area contributed by atoms with Crippen LogP contribution in [0.3, 0.4) is 0 Å². The van der Waals surface area contributed by atoms with Gasteiger partial charge < -0.3 is 20.3 Å². The number of carbonyl (C=O) groups excluding carboxylic acids is 3. The Morgan fingerprint density at radius 1 is 1.09 bits per heavy atom. The smallest absolute Gasteiger partial charge is 0.408 e. The number of nitrogens with one attached hydrogen (secondary N) is 2. The second kappa shape index (κ2) is 13.1. The van der Waals surface area contributed by atoms with Crippen LogP contribution in [0.5, 0.6) is 0 Å². The van der Waals surface area contributed by atoms with Gasteiger partial charge in [0, 0.05) is 12.6 Å². The van der Waals surface area contributed by atoms with Gasteiger partial charge in [0.25, 0.3) is 0 Å². The predicted octanol–water partition coefficient (Wildman–Crippen LogP) is 4.49. The molecule has 0 aromatic heterocycles. The van der Waals surface area contributed by atoms with Gasteiger partial charge in [-0.15, -0.1) is 0 Å². The highest BCUT2D eigenvalue weighted by Crippen LogP contribution is 2.26. The van der Waals surface area contributed by atoms with Gasteiger partial charge in [-0.25, -0.2) is 4.79 Å². The van der Waals surface area contributed by atoms with E-state index in [-0.39, 0.29) is 24.4 Å². The van der Waals surface area contributed by atoms with Crippen molar-refractivity contribution in [1.82, 2.24) is 15.5 Å². The predicted molar refractivity (Wildman–Crippen MR) is 127 cm³/mol. The standard InChI is InChI=1S/C25H41N3O4/c1-8-10-11-15-26-23(30)22(20-14-12-13-18(3)16-20)28(19(4)9-2)21(29)17-27-24(31)32-25(5,6)7/h12-14,16,19,22H,8-11,15,17H2,1-7H3,(H,26,30)(H,27,31). The lowest BCUT2D eigenvalue weighted by atomic mass is 9.99. The Balaban J connectivity index is 3.15. The molecule has 0 bridgehead atoms. The van der Waals surface area contributed by atoms with Crippen molar-refractivity contribution in [2.24, 2.45) is 0 Å². The minimum absolute atomic E-state index is 0.199. The Morgan fingerprint density at radius 2 is 1.78 bits per heavy atom. The van der Waals surface area contributed by atoms with E-state index >= 15 is 0 Å². The van der Waals surface area contributed by atoms with Crippen LogP contribution >= 0.6 is 0 Å². The van der Waals surface area contributed by atoms with Crippen LogP contribution in [0.4, 0.5) is 4.79 Å². The maximum absolute atomic E-state index is 13.3. The Kier molecular flexibility index (Phi) is 11.2. The normalized spacial score (nSPS) is 13.1. The molecule has 0 aliphatic carbocycles. The zero-order valence-electron chi connectivity index (χ0n) is 20.8. The quantitative estimate of drug-likeness (QED) is 0.489. The van der Waals surface area contributed by atoms with E-state index in [2.05, 4.69) is 17.6 Å². The molecule has 0 radical (unpaired) electrons. The van der Waals surface area contributed by atoms with Gasteiger partial charge in [-0.3, -0.25) is 9.59 Å². The molecule has 0 heterocycles. The number of hydrogen-bond donors (Lipinski definition) is 2. The third-order valence-electron chi connectivity index (χ3n) is 5.10. The summed E-state index contributed by atoms with van der Waals surface area (Å²) in [5.41, 5.74) is 1.10. The molecule has 0 saturated carbocycles. The minimum Gasteiger partial charge on any atom is -0.444 e. The molecule has 180 valence electrons. The van der Waals surface area contributed by atoms with Crippen molar-refractivity contribution in [3.8, 4) is 0 Å². The van der Waals surface area contributed by atoms with E-state index < -0.39 is 17.7 Å². The first-order chi connectivity index (χ1) is 15.0. The van der Waals surface area contributed by atoms with E-state index in [1.807, 2.05) is 45.0 Å². The summed E-state index contributed by atoms with van der Waals surface area (Å²) < 4.78 is 5.24. The maximum Gasteiger partial charge on any atom is 0.408 e. The van der Waals surface area contributed by atoms with E-state index in [0.29, 0.717) is 13.0 Å². The highest BCUT2D eigenvalue weighted by Gasteiger charge is 2.34. The van der Waals surface area contributed by atoms with Crippen LogP contribution in [-0.4, -0.2) is 47.5 Å². The van der Waals surface area contributed by atoms with Crippen molar-refractivity contribution in [1.29, 1.82) is 0 Å². The van der Waals surface area contributed by atoms with Crippen molar-refractivity contribution >= 4 is 17.9 Å². The average molecular weight is 448 g/mol. The van der Waals surface area contributed by atoms with Crippen LogP contribution in [0.2, 0.25) is 0 Å². The molecule has 1 rings (SSSR count). The van der Waals surface area contributed by atoms with E-state index in [0.717, 1.165) is 30.4 Å². The van der Waals surface area contributed by atoms with Crippen LogP contribution in [0.25, 0.3) is 0 Å². The molecular formula is C25H41N3O4. The minimum atomic E-state index is -0.778. The fourth-order valence-corrected chi connectivity index (χ4v) is 3.36. The molecular weight excluding hydrogens is 406 g/mol. The Bertz CT molecular complexity index is 758. The zero-order chi connectivity index (χ0) is 24.3. The summed E-state index contributed by atoms with van der Waals surface area (Å²) in [6, 6.07) is 6.67. The van der Waals surface area contributed by atoms with Crippen molar-refractivity contribution in [3.63, 3.8) is 0 Å². The molecule has 7 heteroatoms. The van der Waals surface area contributed by atoms with Gasteiger partial charge in [0.05, 0.1) is 0 Å². The molecule has 0 aliphatic heterocycles. The molecule has 1 aromatic carbocycles. The maximum atomic E-state index is 13.3. The summed E-state index contributed by atoms with van der Waals surface area (Å²) in [6.45, 7) is 13.6. The van der Waals surface area contributed by atoms with Gasteiger partial charge in [-0.05, 0) is 53.0 Å². The fourth-order valence-electron chi connectivity index (χ4n) is 3.36. The molecule has 3 amide bonds. The van der Waals surface area contributed by atoms with Gasteiger partial charge in [-0.2, -0.15) is 0 Å². The number of carbonyl (C=O) groups is 3. The van der Waals surface area contributed by atoms with Crippen molar-refractivity contribution in [2.45, 2.75) is 91.8 Å². The Morgan fingerprint density at radius 3 is 2.34 bits per heavy atom. The van der Waals surface area contributed by atoms with Crippen LogP contribution in [-0.2, 0) is 14.3 Å². The van der Waals surface area contributed by atoms with Gasteiger partial charge >= 0.3 is 6.09 Å². The van der Waals surface area contributed by atoms with Crippen molar-refractivity contribution < 1.29 is 19.1 Å². The number of rotatable bonds is 11. The zero-order valence-corrected chi connectivity index (χ0v) is 20.8. The monoisotopic (exact) mass is 447 g/mol. The molecule has 0 spiro atoms. The number of hydrogen-bond acceptors (Lipinski definition) is 4. The largest absolute Gasteiger partial charge is 0.444 e. The lowest BCUT2D eigenvalue weighted by molar-refractivity contribution is -0.142. The molecule has 1 aromatic rings. The number of amides is 3. The highest BCUT2D eigenvalue weighted by atomic mass is 16.6. The molecule has 32 heavy (non-hydrogen) atoms. The molecule has 7 nitrogen and oxygen atoms in total. The van der Waals surface area contributed by atoms with Crippen molar-refractivity contribution in [3.05, 3.63) is 35.4 Å². The van der Waals surface area contributed by atoms with Gasteiger partial charge in [0.2, 0.25) is 11.8 Å². The van der Waals surface area contributed by atoms with Crippen LogP contribution in [0, 0.1) is 6.92 Å². The van der Waals surface area contributed by atoms with Crippen molar-refractivity contribution in [2.75, 3.05) is 13.1 Å². The number of aryl methyl sites for hydroxylation is 1. The Hall–Kier alpha value is -2.57. The lowest BCUT2D eigenvalue weighted by Crippen LogP contribution is -2.51. The van der Waals surface area contributed by atoms with E-state index in [1.54, 1.807) is 25.7 Å². The second-order valence-electron chi connectivity index (χ2n) is 9.23. The lowest BCUT2D eigenvalue weighted by Gasteiger charge is -2.36. The number of alkyl carbamates (subject to hydrolysis) is 1. The second-order valence-corrected chi connectivity index (χ2v) is 9.23. The van der Waals surface area contributed by atoms with Crippen LogP contribution < -0.4 is 10.6 Å². The number of benzene rings is 1. The molecule has 0 saturated heterocycles. The third-order valence-corrected chi connectivity index (χ3v) is 5.10. The molecule has 2 N–H and O–H groups in total. The van der Waals surface area contributed by atoms with E-state index in [1.165, 1.54) is 0 Å². The van der Waals surface area contributed by atoms with Crippen LogP contribution in [0.15, 0.2) is 24.3 Å². The Labute approximate surface area is 193 Å². The highest BCUT2D eigenvalue weighted by molar-refractivity contribution is 5.90. The first kappa shape index (κ1) is 27.5. The first-order valence-corrected chi connectivity index (χ1v) is 11.6. The fraction of sp³-hybridized carbons (Fsp3) is 0.640. The van der Waals surface area contributed by atoms with E-state index in [9.17, 15) is 14.4 Å².